The van der Waals surface area contributed by atoms with Gasteiger partial charge in [0.25, 0.3) is 0 Å². The highest BCUT2D eigenvalue weighted by molar-refractivity contribution is 7.09. The zero-order valence-electron chi connectivity index (χ0n) is 10.2. The first kappa shape index (κ1) is 13.6. The summed E-state index contributed by atoms with van der Waals surface area (Å²) in [5.74, 6) is 0.683. The summed E-state index contributed by atoms with van der Waals surface area (Å²) in [6, 6.07) is 8.57. The molecular formula is C13H13F2NO2S. The lowest BCUT2D eigenvalue weighted by Gasteiger charge is -2.13. The molecule has 102 valence electrons. The number of ether oxygens (including phenoxy) is 2. The quantitative estimate of drug-likeness (QED) is 0.871. The second-order valence-electron chi connectivity index (χ2n) is 3.67. The predicted molar refractivity (Wildman–Crippen MR) is 71.3 cm³/mol. The molecule has 1 aromatic carbocycles. The molecule has 0 amide bonds. The largest absolute Gasteiger partial charge is 0.497 e. The van der Waals surface area contributed by atoms with Crippen LogP contribution in [0.5, 0.6) is 11.5 Å². The van der Waals surface area contributed by atoms with E-state index in [1.54, 1.807) is 23.5 Å². The Labute approximate surface area is 113 Å². The van der Waals surface area contributed by atoms with Crippen molar-refractivity contribution in [1.29, 1.82) is 0 Å². The summed E-state index contributed by atoms with van der Waals surface area (Å²) in [5.41, 5.74) is 0.480. The summed E-state index contributed by atoms with van der Waals surface area (Å²) in [6.07, 6.45) is 0. The van der Waals surface area contributed by atoms with Crippen LogP contribution < -0.4 is 14.8 Å². The third-order valence-corrected chi connectivity index (χ3v) is 3.31. The third-order valence-electron chi connectivity index (χ3n) is 2.44. The van der Waals surface area contributed by atoms with Gasteiger partial charge in [0.1, 0.15) is 11.5 Å². The minimum atomic E-state index is -2.85. The molecule has 0 saturated heterocycles. The summed E-state index contributed by atoms with van der Waals surface area (Å²) >= 11 is 1.59. The molecule has 0 atom stereocenters. The van der Waals surface area contributed by atoms with Crippen LogP contribution in [0.1, 0.15) is 4.88 Å². The van der Waals surface area contributed by atoms with E-state index < -0.39 is 6.61 Å². The van der Waals surface area contributed by atoms with Crippen LogP contribution in [-0.4, -0.2) is 13.7 Å². The molecule has 0 radical (unpaired) electrons. The van der Waals surface area contributed by atoms with Crippen molar-refractivity contribution in [3.8, 4) is 11.5 Å². The molecule has 0 saturated carbocycles. The van der Waals surface area contributed by atoms with Gasteiger partial charge in [-0.15, -0.1) is 11.3 Å². The number of methoxy groups -OCH3 is 1. The van der Waals surface area contributed by atoms with Gasteiger partial charge < -0.3 is 14.8 Å². The molecule has 0 fully saturated rings. The Hall–Kier alpha value is -1.82. The van der Waals surface area contributed by atoms with Gasteiger partial charge in [-0.1, -0.05) is 6.07 Å². The summed E-state index contributed by atoms with van der Waals surface area (Å²) in [4.78, 5) is 1.10. The summed E-state index contributed by atoms with van der Waals surface area (Å²) in [6.45, 7) is -2.31. The van der Waals surface area contributed by atoms with Crippen molar-refractivity contribution >= 4 is 17.0 Å². The van der Waals surface area contributed by atoms with Gasteiger partial charge >= 0.3 is 6.61 Å². The highest BCUT2D eigenvalue weighted by Gasteiger charge is 2.11. The number of hydrogen-bond donors (Lipinski definition) is 1. The van der Waals surface area contributed by atoms with Crippen LogP contribution in [0.15, 0.2) is 35.7 Å². The van der Waals surface area contributed by atoms with Crippen LogP contribution in [0.25, 0.3) is 0 Å². The van der Waals surface area contributed by atoms with Crippen LogP contribution in [0.2, 0.25) is 0 Å². The molecule has 1 N–H and O–H groups in total. The van der Waals surface area contributed by atoms with Gasteiger partial charge in [-0.3, -0.25) is 0 Å². The number of benzene rings is 1. The van der Waals surface area contributed by atoms with Crippen LogP contribution in [0.4, 0.5) is 14.5 Å². The van der Waals surface area contributed by atoms with Crippen LogP contribution in [-0.2, 0) is 6.54 Å². The van der Waals surface area contributed by atoms with E-state index >= 15 is 0 Å². The molecule has 0 bridgehead atoms. The van der Waals surface area contributed by atoms with Crippen molar-refractivity contribution in [1.82, 2.24) is 0 Å². The lowest BCUT2D eigenvalue weighted by atomic mass is 10.2. The van der Waals surface area contributed by atoms with E-state index in [2.05, 4.69) is 10.1 Å². The molecule has 0 spiro atoms. The van der Waals surface area contributed by atoms with Gasteiger partial charge in [-0.25, -0.2) is 0 Å². The Morgan fingerprint density at radius 3 is 2.79 bits per heavy atom. The second kappa shape index (κ2) is 6.38. The maximum Gasteiger partial charge on any atom is 0.387 e. The highest BCUT2D eigenvalue weighted by Crippen LogP contribution is 2.31. The Kier molecular flexibility index (Phi) is 4.57. The first-order valence-corrected chi connectivity index (χ1v) is 6.46. The lowest BCUT2D eigenvalue weighted by molar-refractivity contribution is -0.0493. The van der Waals surface area contributed by atoms with E-state index in [0.29, 0.717) is 18.0 Å². The number of halogens is 2. The molecule has 2 aromatic rings. The van der Waals surface area contributed by atoms with Crippen LogP contribution in [0, 0.1) is 0 Å². The third kappa shape index (κ3) is 3.82. The molecule has 1 heterocycles. The molecule has 3 nitrogen and oxygen atoms in total. The number of nitrogens with one attached hydrogen (secondary N) is 1. The average Bonchev–Trinajstić information content (AvgIpc) is 2.90. The number of rotatable bonds is 6. The highest BCUT2D eigenvalue weighted by atomic mass is 32.1. The molecule has 0 aliphatic rings. The van der Waals surface area contributed by atoms with E-state index in [4.69, 9.17) is 4.74 Å². The fourth-order valence-electron chi connectivity index (χ4n) is 1.57. The van der Waals surface area contributed by atoms with Gasteiger partial charge in [-0.05, 0) is 23.6 Å². The fourth-order valence-corrected chi connectivity index (χ4v) is 2.21. The molecule has 1 aromatic heterocycles. The van der Waals surface area contributed by atoms with E-state index in [1.807, 2.05) is 17.5 Å². The Bertz CT molecular complexity index is 517. The summed E-state index contributed by atoms with van der Waals surface area (Å²) in [5, 5.41) is 5.03. The number of thiophene rings is 1. The van der Waals surface area contributed by atoms with Gasteiger partial charge in [-0.2, -0.15) is 8.78 Å². The average molecular weight is 285 g/mol. The molecule has 19 heavy (non-hydrogen) atoms. The minimum Gasteiger partial charge on any atom is -0.497 e. The molecule has 0 unspecified atom stereocenters. The Balaban J connectivity index is 2.14. The van der Waals surface area contributed by atoms with Crippen LogP contribution >= 0.6 is 11.3 Å². The smallest absolute Gasteiger partial charge is 0.387 e. The Morgan fingerprint density at radius 1 is 1.32 bits per heavy atom. The maximum atomic E-state index is 12.3. The van der Waals surface area contributed by atoms with Crippen LogP contribution in [0.3, 0.4) is 0 Å². The predicted octanol–water partition coefficient (Wildman–Crippen LogP) is 3.97. The summed E-state index contributed by atoms with van der Waals surface area (Å²) in [7, 11) is 1.52. The second-order valence-corrected chi connectivity index (χ2v) is 4.71. The molecule has 6 heteroatoms. The molecule has 0 aliphatic carbocycles. The van der Waals surface area contributed by atoms with Crippen molar-refractivity contribution < 1.29 is 18.3 Å². The van der Waals surface area contributed by atoms with Crippen molar-refractivity contribution in [2.24, 2.45) is 0 Å². The van der Waals surface area contributed by atoms with Crippen molar-refractivity contribution in [2.75, 3.05) is 12.4 Å². The van der Waals surface area contributed by atoms with Crippen molar-refractivity contribution in [3.63, 3.8) is 0 Å². The van der Waals surface area contributed by atoms with E-state index in [9.17, 15) is 8.78 Å². The maximum absolute atomic E-state index is 12.3. The van der Waals surface area contributed by atoms with E-state index in [1.165, 1.54) is 13.2 Å². The summed E-state index contributed by atoms with van der Waals surface area (Å²) < 4.78 is 34.2. The number of hydrogen-bond acceptors (Lipinski definition) is 4. The SMILES string of the molecule is COc1ccc(OC(F)F)c(NCc2cccs2)c1. The monoisotopic (exact) mass is 285 g/mol. The minimum absolute atomic E-state index is 0.104. The molecule has 2 rings (SSSR count). The lowest BCUT2D eigenvalue weighted by Crippen LogP contribution is -2.06. The molecular weight excluding hydrogens is 272 g/mol. The van der Waals surface area contributed by atoms with E-state index in [-0.39, 0.29) is 5.75 Å². The standard InChI is InChI=1S/C13H13F2NO2S/c1-17-9-4-5-12(18-13(14)15)11(7-9)16-8-10-3-2-6-19-10/h2-7,13,16H,8H2,1H3. The van der Waals surface area contributed by atoms with Gasteiger partial charge in [0.05, 0.1) is 12.8 Å². The topological polar surface area (TPSA) is 30.5 Å². The normalized spacial score (nSPS) is 10.5. The zero-order chi connectivity index (χ0) is 13.7. The Morgan fingerprint density at radius 2 is 2.16 bits per heavy atom. The first-order chi connectivity index (χ1) is 9.19. The first-order valence-electron chi connectivity index (χ1n) is 5.58. The van der Waals surface area contributed by atoms with Gasteiger partial charge in [0.2, 0.25) is 0 Å². The molecule has 0 aliphatic heterocycles. The van der Waals surface area contributed by atoms with Gasteiger partial charge in [0, 0.05) is 17.5 Å². The van der Waals surface area contributed by atoms with Crippen molar-refractivity contribution in [3.05, 3.63) is 40.6 Å². The number of anilines is 1. The van der Waals surface area contributed by atoms with E-state index in [0.717, 1.165) is 4.88 Å². The fraction of sp³-hybridized carbons (Fsp3) is 0.231. The number of alkyl halides is 2. The van der Waals surface area contributed by atoms with Gasteiger partial charge in [0.15, 0.2) is 0 Å². The van der Waals surface area contributed by atoms with Crippen molar-refractivity contribution in [2.45, 2.75) is 13.2 Å². The zero-order valence-corrected chi connectivity index (χ0v) is 11.0.